The van der Waals surface area contributed by atoms with Gasteiger partial charge in [0, 0.05) is 5.92 Å². The van der Waals surface area contributed by atoms with E-state index in [0.717, 1.165) is 12.8 Å². The lowest BCUT2D eigenvalue weighted by Gasteiger charge is -2.17. The molecule has 0 spiro atoms. The zero-order chi connectivity index (χ0) is 16.4. The summed E-state index contributed by atoms with van der Waals surface area (Å²) in [5, 5.41) is 0. The Labute approximate surface area is 126 Å². The van der Waals surface area contributed by atoms with E-state index in [4.69, 9.17) is 9.47 Å². The van der Waals surface area contributed by atoms with Gasteiger partial charge in [-0.1, -0.05) is 19.8 Å². The number of rotatable bonds is 9. The van der Waals surface area contributed by atoms with Gasteiger partial charge in [0.1, 0.15) is 11.4 Å². The van der Waals surface area contributed by atoms with Gasteiger partial charge in [0.05, 0.1) is 13.2 Å². The van der Waals surface area contributed by atoms with Crippen molar-refractivity contribution in [2.24, 2.45) is 5.92 Å². The summed E-state index contributed by atoms with van der Waals surface area (Å²) in [6.45, 7) is 8.77. The Morgan fingerprint density at radius 3 is 1.71 bits per heavy atom. The number of carbonyl (C=O) groups excluding carboxylic acids is 3. The highest BCUT2D eigenvalue weighted by Gasteiger charge is 2.29. The molecule has 0 fully saturated rings. The number of ketones is 1. The molecule has 5 nitrogen and oxygen atoms in total. The van der Waals surface area contributed by atoms with E-state index < -0.39 is 17.9 Å². The third-order valence-corrected chi connectivity index (χ3v) is 3.21. The van der Waals surface area contributed by atoms with E-state index in [9.17, 15) is 14.4 Å². The lowest BCUT2D eigenvalue weighted by atomic mass is 9.88. The molecule has 0 saturated carbocycles. The maximum absolute atomic E-state index is 12.0. The molecule has 0 aromatic carbocycles. The van der Waals surface area contributed by atoms with Crippen LogP contribution in [0.1, 0.15) is 53.9 Å². The van der Waals surface area contributed by atoms with E-state index in [2.05, 4.69) is 0 Å². The van der Waals surface area contributed by atoms with E-state index in [1.165, 1.54) is 6.92 Å². The van der Waals surface area contributed by atoms with Gasteiger partial charge in [0.2, 0.25) is 0 Å². The minimum absolute atomic E-state index is 0.0629. The van der Waals surface area contributed by atoms with Gasteiger partial charge in [0.25, 0.3) is 0 Å². The minimum Gasteiger partial charge on any atom is -0.462 e. The molecule has 0 aliphatic carbocycles. The van der Waals surface area contributed by atoms with Crippen LogP contribution in [0, 0.1) is 5.92 Å². The Morgan fingerprint density at radius 2 is 1.38 bits per heavy atom. The van der Waals surface area contributed by atoms with Crippen molar-refractivity contribution in [2.45, 2.75) is 53.9 Å². The smallest absolute Gasteiger partial charge is 0.345 e. The van der Waals surface area contributed by atoms with E-state index in [-0.39, 0.29) is 24.6 Å². The average Bonchev–Trinajstić information content (AvgIpc) is 2.39. The maximum atomic E-state index is 12.0. The van der Waals surface area contributed by atoms with Gasteiger partial charge in [-0.3, -0.25) is 4.79 Å². The van der Waals surface area contributed by atoms with Gasteiger partial charge >= 0.3 is 11.9 Å². The van der Waals surface area contributed by atoms with Crippen molar-refractivity contribution in [1.29, 1.82) is 0 Å². The zero-order valence-corrected chi connectivity index (χ0v) is 13.7. The second-order valence-corrected chi connectivity index (χ2v) is 4.80. The first-order valence-corrected chi connectivity index (χ1v) is 7.45. The Hall–Kier alpha value is -1.65. The van der Waals surface area contributed by atoms with Gasteiger partial charge in [0.15, 0.2) is 0 Å². The normalized spacial score (nSPS) is 11.5. The lowest BCUT2D eigenvalue weighted by molar-refractivity contribution is -0.146. The number of carbonyl (C=O) groups is 3. The van der Waals surface area contributed by atoms with Crippen molar-refractivity contribution in [2.75, 3.05) is 13.2 Å². The van der Waals surface area contributed by atoms with Crippen molar-refractivity contribution in [1.82, 2.24) is 0 Å². The number of esters is 2. The molecule has 0 rings (SSSR count). The van der Waals surface area contributed by atoms with Crippen LogP contribution >= 0.6 is 0 Å². The van der Waals surface area contributed by atoms with Gasteiger partial charge in [-0.15, -0.1) is 0 Å². The molecule has 0 aliphatic rings. The molecule has 0 aliphatic heterocycles. The van der Waals surface area contributed by atoms with E-state index in [0.29, 0.717) is 12.0 Å². The molecule has 0 aromatic rings. The van der Waals surface area contributed by atoms with E-state index in [1.807, 2.05) is 6.92 Å². The number of ether oxygens (including phenoxy) is 2. The molecule has 0 bridgehead atoms. The van der Waals surface area contributed by atoms with Crippen LogP contribution in [-0.2, 0) is 23.9 Å². The van der Waals surface area contributed by atoms with E-state index in [1.54, 1.807) is 20.8 Å². The first-order valence-electron chi connectivity index (χ1n) is 7.45. The summed E-state index contributed by atoms with van der Waals surface area (Å²) in [6.07, 6.45) is 2.39. The number of allylic oxidation sites excluding steroid dienone is 1. The highest BCUT2D eigenvalue weighted by Crippen LogP contribution is 2.24. The third-order valence-electron chi connectivity index (χ3n) is 3.21. The van der Waals surface area contributed by atoms with Gasteiger partial charge in [-0.05, 0) is 39.7 Å². The lowest BCUT2D eigenvalue weighted by Crippen LogP contribution is -2.24. The number of hydrogen-bond acceptors (Lipinski definition) is 5. The van der Waals surface area contributed by atoms with Crippen molar-refractivity contribution in [3.05, 3.63) is 11.1 Å². The Balaban J connectivity index is 5.60. The predicted octanol–water partition coefficient (Wildman–Crippen LogP) is 2.82. The van der Waals surface area contributed by atoms with E-state index >= 15 is 0 Å². The summed E-state index contributed by atoms with van der Waals surface area (Å²) in [6, 6.07) is 0. The first-order chi connectivity index (χ1) is 9.90. The second-order valence-electron chi connectivity index (χ2n) is 4.80. The third kappa shape index (κ3) is 6.10. The predicted molar refractivity (Wildman–Crippen MR) is 79.7 cm³/mol. The van der Waals surface area contributed by atoms with Crippen molar-refractivity contribution >= 4 is 17.7 Å². The molecule has 1 atom stereocenters. The van der Waals surface area contributed by atoms with Gasteiger partial charge in [-0.2, -0.15) is 0 Å². The van der Waals surface area contributed by atoms with Crippen LogP contribution in [0.5, 0.6) is 0 Å². The fourth-order valence-electron chi connectivity index (χ4n) is 2.12. The Bertz CT molecular complexity index is 389. The minimum atomic E-state index is -0.726. The van der Waals surface area contributed by atoms with Crippen LogP contribution in [0.15, 0.2) is 11.1 Å². The van der Waals surface area contributed by atoms with Crippen LogP contribution in [0.4, 0.5) is 0 Å². The van der Waals surface area contributed by atoms with Crippen LogP contribution in [0.2, 0.25) is 0 Å². The molecule has 0 N–H and O–H groups in total. The summed E-state index contributed by atoms with van der Waals surface area (Å²) in [5.74, 6) is -1.96. The summed E-state index contributed by atoms with van der Waals surface area (Å²) in [7, 11) is 0. The molecular formula is C16H26O5. The molecular weight excluding hydrogens is 272 g/mol. The Kier molecular flexibility index (Phi) is 9.34. The first kappa shape index (κ1) is 19.4. The molecule has 120 valence electrons. The topological polar surface area (TPSA) is 69.7 Å². The number of unbranched alkanes of at least 4 members (excludes halogenated alkanes) is 1. The quantitative estimate of drug-likeness (QED) is 0.283. The van der Waals surface area contributed by atoms with Crippen molar-refractivity contribution in [3.8, 4) is 0 Å². The molecule has 0 saturated heterocycles. The zero-order valence-electron chi connectivity index (χ0n) is 13.7. The number of hydrogen-bond donors (Lipinski definition) is 0. The molecule has 5 heteroatoms. The van der Waals surface area contributed by atoms with Crippen molar-refractivity contribution < 1.29 is 23.9 Å². The summed E-state index contributed by atoms with van der Waals surface area (Å²) < 4.78 is 9.84. The number of Topliss-reactive ketones (excluding diaryl/α,β-unsaturated/α-hetero) is 1. The molecule has 0 heterocycles. The average molecular weight is 298 g/mol. The standard InChI is InChI=1S/C16H26O5/c1-6-9-10-13(12(5)17)11(4)14(15(18)20-7-2)16(19)21-8-3/h13H,6-10H2,1-5H3. The fourth-order valence-corrected chi connectivity index (χ4v) is 2.12. The Morgan fingerprint density at radius 1 is 0.905 bits per heavy atom. The second kappa shape index (κ2) is 10.1. The van der Waals surface area contributed by atoms with Gasteiger partial charge in [-0.25, -0.2) is 9.59 Å². The molecule has 0 amide bonds. The van der Waals surface area contributed by atoms with Crippen LogP contribution in [0.3, 0.4) is 0 Å². The monoisotopic (exact) mass is 298 g/mol. The summed E-state index contributed by atoms with van der Waals surface area (Å²) >= 11 is 0. The van der Waals surface area contributed by atoms with Crippen LogP contribution in [-0.4, -0.2) is 30.9 Å². The molecule has 0 radical (unpaired) electrons. The highest BCUT2D eigenvalue weighted by molar-refractivity contribution is 6.15. The summed E-state index contributed by atoms with van der Waals surface area (Å²) in [5.41, 5.74) is 0.294. The van der Waals surface area contributed by atoms with Crippen molar-refractivity contribution in [3.63, 3.8) is 0 Å². The van der Waals surface area contributed by atoms with Crippen LogP contribution in [0.25, 0.3) is 0 Å². The molecule has 0 aromatic heterocycles. The summed E-state index contributed by atoms with van der Waals surface area (Å²) in [4.78, 5) is 35.8. The largest absolute Gasteiger partial charge is 0.462 e. The maximum Gasteiger partial charge on any atom is 0.345 e. The molecule has 21 heavy (non-hydrogen) atoms. The fraction of sp³-hybridized carbons (Fsp3) is 0.688. The highest BCUT2D eigenvalue weighted by atomic mass is 16.6. The molecule has 1 unspecified atom stereocenters. The van der Waals surface area contributed by atoms with Gasteiger partial charge < -0.3 is 9.47 Å². The SMILES string of the molecule is CCCCC(C(C)=O)C(C)=C(C(=O)OCC)C(=O)OCC. The van der Waals surface area contributed by atoms with Crippen LogP contribution < -0.4 is 0 Å².